The van der Waals surface area contributed by atoms with E-state index in [4.69, 9.17) is 0 Å². The van der Waals surface area contributed by atoms with Gasteiger partial charge in [0, 0.05) is 13.6 Å². The van der Waals surface area contributed by atoms with E-state index in [0.29, 0.717) is 36.4 Å². The number of hydrogen-bond acceptors (Lipinski definition) is 3. The summed E-state index contributed by atoms with van der Waals surface area (Å²) in [5.74, 6) is 0.245. The van der Waals surface area contributed by atoms with Crippen molar-refractivity contribution in [1.29, 1.82) is 0 Å². The van der Waals surface area contributed by atoms with E-state index in [1.54, 1.807) is 42.3 Å². The van der Waals surface area contributed by atoms with Crippen molar-refractivity contribution in [2.75, 3.05) is 20.1 Å². The normalized spacial score (nSPS) is 12.1. The molecule has 0 spiro atoms. The van der Waals surface area contributed by atoms with Gasteiger partial charge >= 0.3 is 0 Å². The number of halogens is 1. The van der Waals surface area contributed by atoms with Crippen LogP contribution in [0.15, 0.2) is 53.3 Å². The van der Waals surface area contributed by atoms with Crippen LogP contribution in [-0.4, -0.2) is 40.9 Å². The topological polar surface area (TPSA) is 70.5 Å². The van der Waals surface area contributed by atoms with Gasteiger partial charge in [0.25, 0.3) is 11.5 Å². The monoisotopic (exact) mass is 383 g/mol. The molecule has 1 aromatic heterocycles. The summed E-state index contributed by atoms with van der Waals surface area (Å²) in [5.41, 5.74) is 1.35. The number of quaternary nitrogens is 1. The van der Waals surface area contributed by atoms with Gasteiger partial charge in [-0.15, -0.1) is 0 Å². The lowest BCUT2D eigenvalue weighted by Crippen LogP contribution is -3.11. The predicted octanol–water partition coefficient (Wildman–Crippen LogP) is 1.13. The lowest BCUT2D eigenvalue weighted by molar-refractivity contribution is -0.905. The number of benzene rings is 2. The molecular weight excluding hydrogens is 359 g/mol. The zero-order valence-corrected chi connectivity index (χ0v) is 16.0. The van der Waals surface area contributed by atoms with Gasteiger partial charge in [0.2, 0.25) is 0 Å². The second-order valence-corrected chi connectivity index (χ2v) is 6.86. The number of aromatic amines is 1. The number of carbonyl (C=O) groups excluding carboxylic acids is 1. The third-order valence-electron chi connectivity index (χ3n) is 4.74. The standard InChI is InChI=1S/C21H23FN4O2/c1-3-26(13-19-23-18-7-5-4-6-17(18)21(28)24-19)14-20(27)25(2)12-15-8-10-16(22)11-9-15/h4-11H,3,12-14H2,1-2H3,(H,23,24,28)/p+1. The van der Waals surface area contributed by atoms with Crippen LogP contribution in [-0.2, 0) is 17.9 Å². The summed E-state index contributed by atoms with van der Waals surface area (Å²) in [7, 11) is 1.73. The van der Waals surface area contributed by atoms with Gasteiger partial charge in [-0.25, -0.2) is 9.37 Å². The number of nitrogens with one attached hydrogen (secondary N) is 2. The minimum absolute atomic E-state index is 0.0238. The number of fused-ring (bicyclic) bond motifs is 1. The maximum Gasteiger partial charge on any atom is 0.277 e. The Hall–Kier alpha value is -3.06. The Bertz CT molecular complexity index is 1020. The third kappa shape index (κ3) is 4.80. The molecule has 28 heavy (non-hydrogen) atoms. The molecule has 0 aliphatic rings. The number of hydrogen-bond donors (Lipinski definition) is 2. The molecule has 0 aliphatic carbocycles. The number of H-pyrrole nitrogens is 1. The Kier molecular flexibility index (Phi) is 6.16. The highest BCUT2D eigenvalue weighted by Gasteiger charge is 2.18. The molecule has 146 valence electrons. The van der Waals surface area contributed by atoms with E-state index in [1.807, 2.05) is 13.0 Å². The Morgan fingerprint density at radius 2 is 1.89 bits per heavy atom. The number of para-hydroxylation sites is 1. The fourth-order valence-corrected chi connectivity index (χ4v) is 3.07. The number of rotatable bonds is 7. The third-order valence-corrected chi connectivity index (χ3v) is 4.74. The molecule has 0 saturated carbocycles. The summed E-state index contributed by atoms with van der Waals surface area (Å²) in [5, 5.41) is 0.555. The molecule has 7 heteroatoms. The fourth-order valence-electron chi connectivity index (χ4n) is 3.07. The van der Waals surface area contributed by atoms with Crippen molar-refractivity contribution in [1.82, 2.24) is 14.9 Å². The van der Waals surface area contributed by atoms with E-state index in [2.05, 4.69) is 9.97 Å². The Labute approximate surface area is 162 Å². The van der Waals surface area contributed by atoms with Crippen molar-refractivity contribution in [3.63, 3.8) is 0 Å². The average molecular weight is 383 g/mol. The quantitative estimate of drug-likeness (QED) is 0.643. The number of nitrogens with zero attached hydrogens (tertiary/aromatic N) is 2. The maximum absolute atomic E-state index is 13.0. The minimum atomic E-state index is -0.295. The SMILES string of the molecule is CC[NH+](CC(=O)N(C)Cc1ccc(F)cc1)Cc1nc2ccccc2c(=O)[nH]1. The van der Waals surface area contributed by atoms with E-state index < -0.39 is 0 Å². The van der Waals surface area contributed by atoms with Crippen LogP contribution in [0, 0.1) is 5.82 Å². The molecule has 1 amide bonds. The smallest absolute Gasteiger partial charge is 0.277 e. The highest BCUT2D eigenvalue weighted by molar-refractivity contribution is 5.77. The van der Waals surface area contributed by atoms with E-state index >= 15 is 0 Å². The lowest BCUT2D eigenvalue weighted by Gasteiger charge is -2.21. The minimum Gasteiger partial charge on any atom is -0.337 e. The van der Waals surface area contributed by atoms with Crippen molar-refractivity contribution in [2.24, 2.45) is 0 Å². The molecule has 0 saturated heterocycles. The van der Waals surface area contributed by atoms with Crippen LogP contribution in [0.1, 0.15) is 18.3 Å². The van der Waals surface area contributed by atoms with Crippen molar-refractivity contribution >= 4 is 16.8 Å². The summed E-state index contributed by atoms with van der Waals surface area (Å²) in [6.45, 7) is 3.85. The Balaban J connectivity index is 1.65. The molecule has 1 unspecified atom stereocenters. The van der Waals surface area contributed by atoms with Crippen LogP contribution in [0.4, 0.5) is 4.39 Å². The summed E-state index contributed by atoms with van der Waals surface area (Å²) >= 11 is 0. The largest absolute Gasteiger partial charge is 0.337 e. The highest BCUT2D eigenvalue weighted by atomic mass is 19.1. The Morgan fingerprint density at radius 3 is 2.61 bits per heavy atom. The molecule has 1 atom stereocenters. The fraction of sp³-hybridized carbons (Fsp3) is 0.286. The summed E-state index contributed by atoms with van der Waals surface area (Å²) in [6.07, 6.45) is 0. The first-order valence-electron chi connectivity index (χ1n) is 9.26. The number of amides is 1. The van der Waals surface area contributed by atoms with Crippen molar-refractivity contribution in [2.45, 2.75) is 20.0 Å². The van der Waals surface area contributed by atoms with Crippen molar-refractivity contribution < 1.29 is 14.1 Å². The predicted molar refractivity (Wildman–Crippen MR) is 105 cm³/mol. The van der Waals surface area contributed by atoms with E-state index in [9.17, 15) is 14.0 Å². The van der Waals surface area contributed by atoms with Gasteiger partial charge in [0.15, 0.2) is 12.4 Å². The number of aromatic nitrogens is 2. The molecule has 0 fully saturated rings. The maximum atomic E-state index is 13.0. The first kappa shape index (κ1) is 19.7. The van der Waals surface area contributed by atoms with Gasteiger partial charge in [-0.2, -0.15) is 0 Å². The van der Waals surface area contributed by atoms with Gasteiger partial charge in [0.05, 0.1) is 17.4 Å². The molecule has 6 nitrogen and oxygen atoms in total. The molecule has 0 radical (unpaired) electrons. The van der Waals surface area contributed by atoms with Gasteiger partial charge in [0.1, 0.15) is 12.4 Å². The molecule has 0 bridgehead atoms. The van der Waals surface area contributed by atoms with Crippen LogP contribution < -0.4 is 10.5 Å². The molecule has 0 aliphatic heterocycles. The molecule has 2 N–H and O–H groups in total. The van der Waals surface area contributed by atoms with Crippen LogP contribution in [0.2, 0.25) is 0 Å². The molecule has 2 aromatic carbocycles. The van der Waals surface area contributed by atoms with Crippen molar-refractivity contribution in [3.8, 4) is 0 Å². The first-order valence-corrected chi connectivity index (χ1v) is 9.26. The van der Waals surface area contributed by atoms with Gasteiger partial charge in [-0.1, -0.05) is 24.3 Å². The zero-order chi connectivity index (χ0) is 20.1. The van der Waals surface area contributed by atoms with Crippen LogP contribution in [0.5, 0.6) is 0 Å². The zero-order valence-electron chi connectivity index (χ0n) is 16.0. The summed E-state index contributed by atoms with van der Waals surface area (Å²) in [4.78, 5) is 34.8. The van der Waals surface area contributed by atoms with Gasteiger partial charge < -0.3 is 14.8 Å². The number of carbonyl (C=O) groups is 1. The molecule has 1 heterocycles. The molecular formula is C21H24FN4O2+. The summed E-state index contributed by atoms with van der Waals surface area (Å²) in [6, 6.07) is 13.3. The second kappa shape index (κ2) is 8.75. The Morgan fingerprint density at radius 1 is 1.18 bits per heavy atom. The molecule has 3 rings (SSSR count). The van der Waals surface area contributed by atoms with Crippen LogP contribution in [0.25, 0.3) is 10.9 Å². The van der Waals surface area contributed by atoms with E-state index in [0.717, 1.165) is 10.5 Å². The van der Waals surface area contributed by atoms with Crippen LogP contribution >= 0.6 is 0 Å². The number of likely N-dealkylation sites (N-methyl/N-ethyl adjacent to an activating group) is 2. The second-order valence-electron chi connectivity index (χ2n) is 6.86. The van der Waals surface area contributed by atoms with Gasteiger partial charge in [-0.05, 0) is 36.8 Å². The van der Waals surface area contributed by atoms with Gasteiger partial charge in [-0.3, -0.25) is 9.59 Å². The lowest BCUT2D eigenvalue weighted by atomic mass is 10.2. The van der Waals surface area contributed by atoms with E-state index in [-0.39, 0.29) is 23.8 Å². The van der Waals surface area contributed by atoms with Crippen molar-refractivity contribution in [3.05, 3.63) is 76.1 Å². The summed E-state index contributed by atoms with van der Waals surface area (Å²) < 4.78 is 13.0. The highest BCUT2D eigenvalue weighted by Crippen LogP contribution is 2.06. The van der Waals surface area contributed by atoms with E-state index in [1.165, 1.54) is 12.1 Å². The molecule has 3 aromatic rings. The van der Waals surface area contributed by atoms with Crippen LogP contribution in [0.3, 0.4) is 0 Å². The average Bonchev–Trinajstić information content (AvgIpc) is 2.69. The first-order chi connectivity index (χ1) is 13.5.